The Bertz CT molecular complexity index is 995. The minimum atomic E-state index is -0.672. The summed E-state index contributed by atoms with van der Waals surface area (Å²) in [5.74, 6) is -1.16. The van der Waals surface area contributed by atoms with Crippen LogP contribution in [-0.2, 0) is 20.9 Å². The van der Waals surface area contributed by atoms with E-state index in [4.69, 9.17) is 0 Å². The van der Waals surface area contributed by atoms with Crippen molar-refractivity contribution in [2.24, 2.45) is 0 Å². The third-order valence-electron chi connectivity index (χ3n) is 6.10. The zero-order valence-electron chi connectivity index (χ0n) is 18.6. The molecule has 3 amide bonds. The number of hydrogen-bond acceptors (Lipinski definition) is 6. The van der Waals surface area contributed by atoms with E-state index in [1.807, 2.05) is 11.8 Å². The first-order chi connectivity index (χ1) is 16.0. The van der Waals surface area contributed by atoms with Gasteiger partial charge in [-0.05, 0) is 30.2 Å². The van der Waals surface area contributed by atoms with Crippen molar-refractivity contribution in [1.29, 1.82) is 0 Å². The highest BCUT2D eigenvalue weighted by molar-refractivity contribution is 6.35. The average molecular weight is 455 g/mol. The topological polar surface area (TPSA) is 90.0 Å². The van der Waals surface area contributed by atoms with E-state index in [-0.39, 0.29) is 24.8 Å². The van der Waals surface area contributed by atoms with Crippen molar-refractivity contribution >= 4 is 23.7 Å². The summed E-state index contributed by atoms with van der Waals surface area (Å²) in [5.41, 5.74) is 0.745. The molecule has 2 aromatic rings. The predicted octanol–water partition coefficient (Wildman–Crippen LogP) is 0.914. The standard InChI is InChI=1S/C23H27FN6O3/c1-2-19(20(31)27-10-12-28(13-11-27)23-25-8-3-9-26-23)30-15-14-29(21(32)22(30)33)16-17-4-6-18(24)7-5-17/h3-9,19H,2,10-16H2,1H3. The van der Waals surface area contributed by atoms with E-state index < -0.39 is 17.9 Å². The number of aromatic nitrogens is 2. The molecule has 0 aliphatic carbocycles. The molecular formula is C23H27FN6O3. The molecule has 9 nitrogen and oxygen atoms in total. The second-order valence-electron chi connectivity index (χ2n) is 8.14. The van der Waals surface area contributed by atoms with Crippen molar-refractivity contribution < 1.29 is 18.8 Å². The largest absolute Gasteiger partial charge is 0.337 e. The minimum Gasteiger partial charge on any atom is -0.337 e. The van der Waals surface area contributed by atoms with E-state index in [9.17, 15) is 18.8 Å². The molecule has 0 spiro atoms. The van der Waals surface area contributed by atoms with Crippen LogP contribution in [0.15, 0.2) is 42.7 Å². The number of amides is 3. The first-order valence-corrected chi connectivity index (χ1v) is 11.1. The average Bonchev–Trinajstić information content (AvgIpc) is 2.85. The number of nitrogens with zero attached hydrogens (tertiary/aromatic N) is 6. The minimum absolute atomic E-state index is 0.140. The van der Waals surface area contributed by atoms with Crippen LogP contribution in [-0.4, -0.2) is 87.7 Å². The molecule has 2 aliphatic heterocycles. The van der Waals surface area contributed by atoms with E-state index >= 15 is 0 Å². The van der Waals surface area contributed by atoms with Gasteiger partial charge < -0.3 is 19.6 Å². The predicted molar refractivity (Wildman–Crippen MR) is 118 cm³/mol. The number of hydrogen-bond donors (Lipinski definition) is 0. The monoisotopic (exact) mass is 454 g/mol. The Morgan fingerprint density at radius 2 is 1.64 bits per heavy atom. The maximum atomic E-state index is 13.3. The number of piperazine rings is 2. The van der Waals surface area contributed by atoms with Crippen LogP contribution < -0.4 is 4.90 Å². The molecule has 2 aliphatic rings. The molecule has 0 radical (unpaired) electrons. The van der Waals surface area contributed by atoms with Crippen molar-refractivity contribution in [1.82, 2.24) is 24.7 Å². The van der Waals surface area contributed by atoms with Crippen LogP contribution in [0.2, 0.25) is 0 Å². The summed E-state index contributed by atoms with van der Waals surface area (Å²) in [6.45, 7) is 4.89. The highest BCUT2D eigenvalue weighted by Crippen LogP contribution is 2.18. The van der Waals surface area contributed by atoms with E-state index in [1.165, 1.54) is 21.9 Å². The number of rotatable bonds is 6. The van der Waals surface area contributed by atoms with Crippen LogP contribution in [0, 0.1) is 5.82 Å². The van der Waals surface area contributed by atoms with Crippen LogP contribution in [0.1, 0.15) is 18.9 Å². The Kier molecular flexibility index (Phi) is 6.81. The van der Waals surface area contributed by atoms with Gasteiger partial charge in [-0.3, -0.25) is 14.4 Å². The van der Waals surface area contributed by atoms with Gasteiger partial charge >= 0.3 is 11.8 Å². The van der Waals surface area contributed by atoms with Gasteiger partial charge in [-0.15, -0.1) is 0 Å². The van der Waals surface area contributed by atoms with Gasteiger partial charge in [0.05, 0.1) is 0 Å². The van der Waals surface area contributed by atoms with Gasteiger partial charge in [0.25, 0.3) is 0 Å². The quantitative estimate of drug-likeness (QED) is 0.603. The first kappa shape index (κ1) is 22.6. The maximum Gasteiger partial charge on any atom is 0.312 e. The molecule has 1 unspecified atom stereocenters. The molecule has 3 heterocycles. The molecule has 33 heavy (non-hydrogen) atoms. The van der Waals surface area contributed by atoms with Crippen LogP contribution >= 0.6 is 0 Å². The Morgan fingerprint density at radius 1 is 0.970 bits per heavy atom. The van der Waals surface area contributed by atoms with Crippen LogP contribution in [0.4, 0.5) is 10.3 Å². The summed E-state index contributed by atoms with van der Waals surface area (Å²) in [6, 6.07) is 6.93. The molecule has 2 fully saturated rings. The third kappa shape index (κ3) is 4.94. The van der Waals surface area contributed by atoms with Crippen LogP contribution in [0.5, 0.6) is 0 Å². The van der Waals surface area contributed by atoms with Gasteiger partial charge in [-0.25, -0.2) is 14.4 Å². The SMILES string of the molecule is CCC(C(=O)N1CCN(c2ncccn2)CC1)N1CCN(Cc2ccc(F)cc2)C(=O)C1=O. The molecule has 2 saturated heterocycles. The molecule has 1 aromatic heterocycles. The Balaban J connectivity index is 1.36. The maximum absolute atomic E-state index is 13.3. The lowest BCUT2D eigenvalue weighted by atomic mass is 10.1. The van der Waals surface area contributed by atoms with Crippen LogP contribution in [0.25, 0.3) is 0 Å². The molecule has 0 bridgehead atoms. The summed E-state index contributed by atoms with van der Waals surface area (Å²) in [4.78, 5) is 54.0. The van der Waals surface area contributed by atoms with Crippen molar-refractivity contribution in [2.45, 2.75) is 25.9 Å². The smallest absolute Gasteiger partial charge is 0.312 e. The summed E-state index contributed by atoms with van der Waals surface area (Å²) >= 11 is 0. The summed E-state index contributed by atoms with van der Waals surface area (Å²) in [6.07, 6.45) is 3.80. The van der Waals surface area contributed by atoms with E-state index in [0.717, 1.165) is 5.56 Å². The van der Waals surface area contributed by atoms with Gasteiger partial charge in [0.1, 0.15) is 11.9 Å². The fraction of sp³-hybridized carbons (Fsp3) is 0.435. The lowest BCUT2D eigenvalue weighted by molar-refractivity contribution is -0.161. The number of benzene rings is 1. The summed E-state index contributed by atoms with van der Waals surface area (Å²) < 4.78 is 13.1. The lowest BCUT2D eigenvalue weighted by Gasteiger charge is -2.41. The molecule has 0 saturated carbocycles. The summed E-state index contributed by atoms with van der Waals surface area (Å²) in [7, 11) is 0. The van der Waals surface area contributed by atoms with Gasteiger partial charge in [0.15, 0.2) is 0 Å². The highest BCUT2D eigenvalue weighted by Gasteiger charge is 2.40. The van der Waals surface area contributed by atoms with E-state index in [2.05, 4.69) is 9.97 Å². The van der Waals surface area contributed by atoms with Gasteiger partial charge in [0.2, 0.25) is 11.9 Å². The number of anilines is 1. The van der Waals surface area contributed by atoms with Crippen LogP contribution in [0.3, 0.4) is 0 Å². The molecule has 10 heteroatoms. The second kappa shape index (κ2) is 9.93. The Morgan fingerprint density at radius 3 is 2.27 bits per heavy atom. The summed E-state index contributed by atoms with van der Waals surface area (Å²) in [5, 5.41) is 0. The molecular weight excluding hydrogens is 427 g/mol. The van der Waals surface area contributed by atoms with Crippen molar-refractivity contribution in [2.75, 3.05) is 44.2 Å². The van der Waals surface area contributed by atoms with Gasteiger partial charge in [-0.2, -0.15) is 0 Å². The zero-order chi connectivity index (χ0) is 23.4. The number of halogens is 1. The number of carbonyl (C=O) groups is 3. The highest BCUT2D eigenvalue weighted by atomic mass is 19.1. The van der Waals surface area contributed by atoms with Crippen molar-refractivity contribution in [3.8, 4) is 0 Å². The Labute approximate surface area is 191 Å². The lowest BCUT2D eigenvalue weighted by Crippen LogP contribution is -2.61. The van der Waals surface area contributed by atoms with E-state index in [1.54, 1.807) is 35.5 Å². The van der Waals surface area contributed by atoms with Gasteiger partial charge in [-0.1, -0.05) is 19.1 Å². The normalized spacial score (nSPS) is 18.0. The number of carbonyl (C=O) groups excluding carboxylic acids is 3. The second-order valence-corrected chi connectivity index (χ2v) is 8.14. The molecule has 1 aromatic carbocycles. The van der Waals surface area contributed by atoms with E-state index in [0.29, 0.717) is 45.1 Å². The fourth-order valence-electron chi connectivity index (χ4n) is 4.27. The first-order valence-electron chi connectivity index (χ1n) is 11.1. The molecule has 4 rings (SSSR count). The van der Waals surface area contributed by atoms with Crippen molar-refractivity contribution in [3.05, 3.63) is 54.1 Å². The third-order valence-corrected chi connectivity index (χ3v) is 6.10. The van der Waals surface area contributed by atoms with Gasteiger partial charge in [0, 0.05) is 58.2 Å². The fourth-order valence-corrected chi connectivity index (χ4v) is 4.27. The molecule has 1 atom stereocenters. The Hall–Kier alpha value is -3.56. The molecule has 174 valence electrons. The zero-order valence-corrected chi connectivity index (χ0v) is 18.6. The molecule has 0 N–H and O–H groups in total. The van der Waals surface area contributed by atoms with Crippen molar-refractivity contribution in [3.63, 3.8) is 0 Å².